The molecular formula is C6H14O24S6. The second-order valence-electron chi connectivity index (χ2n) is 5.53. The lowest BCUT2D eigenvalue weighted by Gasteiger charge is -2.32. The van der Waals surface area contributed by atoms with Crippen LogP contribution in [-0.4, -0.2) is 115 Å². The molecule has 0 rings (SSSR count). The van der Waals surface area contributed by atoms with Crippen molar-refractivity contribution in [2.45, 2.75) is 24.4 Å². The van der Waals surface area contributed by atoms with E-state index in [1.807, 2.05) is 0 Å². The molecule has 0 bridgehead atoms. The van der Waals surface area contributed by atoms with Gasteiger partial charge in [-0.3, -0.25) is 27.3 Å². The Balaban J connectivity index is 7.12. The summed E-state index contributed by atoms with van der Waals surface area (Å²) in [5, 5.41) is 0. The fourth-order valence-electron chi connectivity index (χ4n) is 1.91. The van der Waals surface area contributed by atoms with Gasteiger partial charge >= 0.3 is 62.4 Å². The second-order valence-corrected chi connectivity index (χ2v) is 11.9. The van der Waals surface area contributed by atoms with Gasteiger partial charge in [0, 0.05) is 0 Å². The van der Waals surface area contributed by atoms with Gasteiger partial charge in [-0.2, -0.15) is 50.5 Å². The summed E-state index contributed by atoms with van der Waals surface area (Å²) >= 11 is 0. The first kappa shape index (κ1) is 35.2. The lowest BCUT2D eigenvalue weighted by Crippen LogP contribution is -2.54. The highest BCUT2D eigenvalue weighted by atomic mass is 32.3. The Kier molecular flexibility index (Phi) is 12.1. The largest absolute Gasteiger partial charge is 0.397 e. The maximum absolute atomic E-state index is 11.2. The van der Waals surface area contributed by atoms with Crippen LogP contribution >= 0.6 is 0 Å². The van der Waals surface area contributed by atoms with Gasteiger partial charge in [-0.25, -0.2) is 25.1 Å². The van der Waals surface area contributed by atoms with Crippen molar-refractivity contribution < 1.29 is 103 Å². The third-order valence-electron chi connectivity index (χ3n) is 2.77. The molecule has 0 spiro atoms. The lowest BCUT2D eigenvalue weighted by atomic mass is 10.0. The summed E-state index contributed by atoms with van der Waals surface area (Å²) in [6.45, 7) is -4.11. The average Bonchev–Trinajstić information content (AvgIpc) is 2.53. The monoisotopic (exact) mass is 662 g/mol. The van der Waals surface area contributed by atoms with E-state index in [-0.39, 0.29) is 0 Å². The van der Waals surface area contributed by atoms with Crippen molar-refractivity contribution in [2.75, 3.05) is 13.2 Å². The Morgan fingerprint density at radius 2 is 0.611 bits per heavy atom. The molecule has 0 aliphatic carbocycles. The van der Waals surface area contributed by atoms with Crippen LogP contribution in [0.3, 0.4) is 0 Å². The van der Waals surface area contributed by atoms with Gasteiger partial charge in [-0.05, 0) is 0 Å². The average molecular weight is 663 g/mol. The summed E-state index contributed by atoms with van der Waals surface area (Å²) in [6, 6.07) is 0. The van der Waals surface area contributed by atoms with Gasteiger partial charge in [0.05, 0.1) is 13.2 Å². The predicted molar refractivity (Wildman–Crippen MR) is 101 cm³/mol. The summed E-state index contributed by atoms with van der Waals surface area (Å²) < 4.78 is 207. The van der Waals surface area contributed by atoms with Gasteiger partial charge in [-0.1, -0.05) is 0 Å². The molecule has 0 aromatic heterocycles. The molecule has 0 amide bonds. The quantitative estimate of drug-likeness (QED) is 0.0797. The van der Waals surface area contributed by atoms with Gasteiger partial charge in [-0.15, -0.1) is 0 Å². The lowest BCUT2D eigenvalue weighted by molar-refractivity contribution is -0.0871. The molecular weight excluding hydrogens is 648 g/mol. The Morgan fingerprint density at radius 1 is 0.389 bits per heavy atom. The molecule has 0 saturated carbocycles. The third kappa shape index (κ3) is 18.5. The minimum Gasteiger partial charge on any atom is -0.264 e. The maximum atomic E-state index is 11.2. The number of hydrogen-bond donors (Lipinski definition) is 6. The molecule has 0 saturated heterocycles. The number of rotatable bonds is 17. The van der Waals surface area contributed by atoms with Crippen molar-refractivity contribution in [3.63, 3.8) is 0 Å². The summed E-state index contributed by atoms with van der Waals surface area (Å²) in [5.41, 5.74) is 0. The minimum absolute atomic E-state index is 2.05. The molecule has 0 heterocycles. The molecule has 0 aromatic rings. The van der Waals surface area contributed by atoms with Crippen molar-refractivity contribution in [2.24, 2.45) is 0 Å². The third-order valence-corrected chi connectivity index (χ3v) is 5.55. The molecule has 218 valence electrons. The summed E-state index contributed by atoms with van der Waals surface area (Å²) in [5.74, 6) is 0. The molecule has 36 heavy (non-hydrogen) atoms. The molecule has 0 aromatic carbocycles. The normalized spacial score (nSPS) is 17.8. The molecule has 4 atom stereocenters. The van der Waals surface area contributed by atoms with E-state index in [1.54, 1.807) is 0 Å². The van der Waals surface area contributed by atoms with E-state index in [0.29, 0.717) is 0 Å². The van der Waals surface area contributed by atoms with Crippen molar-refractivity contribution in [3.05, 3.63) is 0 Å². The SMILES string of the molecule is O=S(=O)(O)OC[C@H](OS(=O)(=O)O)[C@@H](OS(=O)(=O)O)[C@@H](OS(=O)(=O)O)[C@@H](COS(=O)(=O)O)OS(=O)(=O)O. The van der Waals surface area contributed by atoms with E-state index in [9.17, 15) is 50.5 Å². The highest BCUT2D eigenvalue weighted by Crippen LogP contribution is 2.24. The van der Waals surface area contributed by atoms with Crippen LogP contribution < -0.4 is 0 Å². The smallest absolute Gasteiger partial charge is 0.264 e. The van der Waals surface area contributed by atoms with Crippen LogP contribution in [0.4, 0.5) is 0 Å². The van der Waals surface area contributed by atoms with E-state index in [4.69, 9.17) is 27.3 Å². The van der Waals surface area contributed by atoms with Crippen LogP contribution in [0.1, 0.15) is 0 Å². The van der Waals surface area contributed by atoms with Gasteiger partial charge in [0.15, 0.2) is 0 Å². The first-order chi connectivity index (χ1) is 15.6. The van der Waals surface area contributed by atoms with E-state index < -0.39 is 100 Å². The predicted octanol–water partition coefficient (Wildman–Crippen LogP) is -4.62. The van der Waals surface area contributed by atoms with E-state index in [2.05, 4.69) is 25.1 Å². The zero-order valence-electron chi connectivity index (χ0n) is 16.2. The van der Waals surface area contributed by atoms with Crippen LogP contribution in [-0.2, 0) is 87.5 Å². The summed E-state index contributed by atoms with van der Waals surface area (Å²) in [7, 11) is -35.2. The molecule has 24 nitrogen and oxygen atoms in total. The Bertz CT molecular complexity index is 1270. The summed E-state index contributed by atoms with van der Waals surface area (Å²) in [6.07, 6.45) is -13.2. The van der Waals surface area contributed by atoms with E-state index in [1.165, 1.54) is 0 Å². The molecule has 0 fully saturated rings. The zero-order valence-corrected chi connectivity index (χ0v) is 21.1. The first-order valence-electron chi connectivity index (χ1n) is 7.43. The standard InChI is InChI=1S/C6H14O24S6/c7-31(8,9)25-1-3(27-33(13,14)15)5(29-35(19,20)21)6(30-36(22,23)24)4(28-34(16,17)18)2-26-32(10,11)12/h3-6H,1-2H2,(H,7,8,9)(H,10,11,12)(H,13,14,15)(H,16,17,18)(H,19,20,21)(H,22,23,24)/t3-,4+,5+,6-. The van der Waals surface area contributed by atoms with Gasteiger partial charge in [0.1, 0.15) is 24.4 Å². The van der Waals surface area contributed by atoms with Crippen molar-refractivity contribution in [3.8, 4) is 0 Å². The highest BCUT2D eigenvalue weighted by Gasteiger charge is 2.47. The molecule has 30 heteroatoms. The summed E-state index contributed by atoms with van der Waals surface area (Å²) in [4.78, 5) is 0. The van der Waals surface area contributed by atoms with Crippen molar-refractivity contribution in [1.29, 1.82) is 0 Å². The Labute approximate surface area is 202 Å². The second kappa shape index (κ2) is 12.4. The highest BCUT2D eigenvalue weighted by molar-refractivity contribution is 7.82. The van der Waals surface area contributed by atoms with Crippen LogP contribution in [0.15, 0.2) is 0 Å². The van der Waals surface area contributed by atoms with Crippen LogP contribution in [0.2, 0.25) is 0 Å². The molecule has 6 N–H and O–H groups in total. The van der Waals surface area contributed by atoms with E-state index in [0.717, 1.165) is 0 Å². The minimum atomic E-state index is -6.06. The van der Waals surface area contributed by atoms with Crippen molar-refractivity contribution in [1.82, 2.24) is 0 Å². The fraction of sp³-hybridized carbons (Fsp3) is 1.00. The van der Waals surface area contributed by atoms with Crippen LogP contribution in [0.25, 0.3) is 0 Å². The van der Waals surface area contributed by atoms with Crippen molar-refractivity contribution >= 4 is 62.4 Å². The Morgan fingerprint density at radius 3 is 0.778 bits per heavy atom. The molecule has 0 aliphatic rings. The Hall–Kier alpha value is -0.780. The van der Waals surface area contributed by atoms with Gasteiger partial charge < -0.3 is 0 Å². The molecule has 0 radical (unpaired) electrons. The first-order valence-corrected chi connectivity index (χ1v) is 15.6. The van der Waals surface area contributed by atoms with Crippen LogP contribution in [0, 0.1) is 0 Å². The molecule has 0 aliphatic heterocycles. The van der Waals surface area contributed by atoms with Gasteiger partial charge in [0.25, 0.3) is 0 Å². The van der Waals surface area contributed by atoms with E-state index >= 15 is 0 Å². The topological polar surface area (TPSA) is 382 Å². The molecule has 0 unspecified atom stereocenters. The van der Waals surface area contributed by atoms with Crippen LogP contribution in [0.5, 0.6) is 0 Å². The maximum Gasteiger partial charge on any atom is 0.397 e. The number of hydrogen-bond acceptors (Lipinski definition) is 18. The van der Waals surface area contributed by atoms with Gasteiger partial charge in [0.2, 0.25) is 0 Å². The fourth-order valence-corrected chi connectivity index (χ4v) is 4.51. The zero-order chi connectivity index (χ0) is 29.0.